The van der Waals surface area contributed by atoms with Crippen LogP contribution in [0.5, 0.6) is 0 Å². The van der Waals surface area contributed by atoms with Crippen molar-refractivity contribution in [2.24, 2.45) is 5.73 Å². The molecule has 18 heavy (non-hydrogen) atoms. The Morgan fingerprint density at radius 1 is 1.28 bits per heavy atom. The van der Waals surface area contributed by atoms with E-state index in [1.54, 1.807) is 6.26 Å². The van der Waals surface area contributed by atoms with Crippen LogP contribution in [0.15, 0.2) is 45.4 Å². The topological polar surface area (TPSA) is 65.2 Å². The molecule has 3 aromatic rings. The summed E-state index contributed by atoms with van der Waals surface area (Å²) in [6, 6.07) is 9.43. The number of fused-ring (bicyclic) bond motifs is 1. The normalized spacial score (nSPS) is 13.0. The van der Waals surface area contributed by atoms with E-state index in [-0.39, 0.29) is 6.04 Å². The van der Waals surface area contributed by atoms with Gasteiger partial charge in [0.1, 0.15) is 11.3 Å². The molecule has 2 heterocycles. The van der Waals surface area contributed by atoms with E-state index in [0.29, 0.717) is 12.3 Å². The van der Waals surface area contributed by atoms with E-state index in [1.807, 2.05) is 37.3 Å². The van der Waals surface area contributed by atoms with Crippen molar-refractivity contribution in [1.29, 1.82) is 0 Å². The molecule has 92 valence electrons. The van der Waals surface area contributed by atoms with Crippen LogP contribution in [-0.4, -0.2) is 4.98 Å². The maximum atomic E-state index is 6.13. The second-order valence-corrected chi connectivity index (χ2v) is 4.32. The molecule has 0 spiro atoms. The molecule has 0 fully saturated rings. The number of benzene rings is 1. The van der Waals surface area contributed by atoms with Gasteiger partial charge in [-0.05, 0) is 25.1 Å². The van der Waals surface area contributed by atoms with Gasteiger partial charge in [0.05, 0.1) is 6.26 Å². The predicted molar refractivity (Wildman–Crippen MR) is 68.1 cm³/mol. The van der Waals surface area contributed by atoms with E-state index >= 15 is 0 Å². The minimum Gasteiger partial charge on any atom is -0.469 e. The number of nitrogens with two attached hydrogens (primary N) is 1. The molecular weight excluding hydrogens is 228 g/mol. The van der Waals surface area contributed by atoms with Crippen LogP contribution >= 0.6 is 0 Å². The van der Waals surface area contributed by atoms with Crippen molar-refractivity contribution >= 4 is 11.1 Å². The summed E-state index contributed by atoms with van der Waals surface area (Å²) in [4.78, 5) is 4.41. The first-order valence-electron chi connectivity index (χ1n) is 5.88. The first-order chi connectivity index (χ1) is 8.74. The smallest absolute Gasteiger partial charge is 0.197 e. The number of rotatable bonds is 3. The van der Waals surface area contributed by atoms with Crippen molar-refractivity contribution in [1.82, 2.24) is 4.98 Å². The van der Waals surface area contributed by atoms with Gasteiger partial charge in [-0.2, -0.15) is 0 Å². The molecule has 0 aliphatic carbocycles. The third-order valence-electron chi connectivity index (χ3n) is 3.03. The molecular formula is C14H14N2O2. The summed E-state index contributed by atoms with van der Waals surface area (Å²) in [6.07, 6.45) is 2.21. The van der Waals surface area contributed by atoms with Crippen molar-refractivity contribution < 1.29 is 8.83 Å². The molecule has 0 amide bonds. The first kappa shape index (κ1) is 11.0. The van der Waals surface area contributed by atoms with Gasteiger partial charge < -0.3 is 14.6 Å². The number of para-hydroxylation sites is 2. The summed E-state index contributed by atoms with van der Waals surface area (Å²) in [6.45, 7) is 1.90. The third-order valence-corrected chi connectivity index (χ3v) is 3.03. The highest BCUT2D eigenvalue weighted by Gasteiger charge is 2.15. The van der Waals surface area contributed by atoms with Crippen LogP contribution in [-0.2, 0) is 6.42 Å². The number of aryl methyl sites for hydroxylation is 1. The lowest BCUT2D eigenvalue weighted by molar-refractivity contribution is 0.491. The van der Waals surface area contributed by atoms with E-state index in [9.17, 15) is 0 Å². The van der Waals surface area contributed by atoms with E-state index in [0.717, 1.165) is 22.4 Å². The van der Waals surface area contributed by atoms with Crippen LogP contribution in [0.4, 0.5) is 0 Å². The molecule has 0 saturated carbocycles. The van der Waals surface area contributed by atoms with Crippen LogP contribution in [0, 0.1) is 6.92 Å². The highest BCUT2D eigenvalue weighted by molar-refractivity contribution is 5.72. The molecule has 1 atom stereocenters. The molecule has 0 aliphatic rings. The Hall–Kier alpha value is -2.07. The summed E-state index contributed by atoms with van der Waals surface area (Å²) in [7, 11) is 0. The monoisotopic (exact) mass is 242 g/mol. The molecule has 4 nitrogen and oxygen atoms in total. The summed E-state index contributed by atoms with van der Waals surface area (Å²) >= 11 is 0. The summed E-state index contributed by atoms with van der Waals surface area (Å²) in [5.41, 5.74) is 8.79. The second-order valence-electron chi connectivity index (χ2n) is 4.32. The average Bonchev–Trinajstić information content (AvgIpc) is 2.94. The van der Waals surface area contributed by atoms with Crippen LogP contribution in [0.25, 0.3) is 11.1 Å². The highest BCUT2D eigenvalue weighted by atomic mass is 16.3. The van der Waals surface area contributed by atoms with Crippen LogP contribution in [0.1, 0.15) is 23.3 Å². The number of aromatic nitrogens is 1. The first-order valence-corrected chi connectivity index (χ1v) is 5.88. The zero-order valence-electron chi connectivity index (χ0n) is 10.1. The Bertz CT molecular complexity index is 636. The quantitative estimate of drug-likeness (QED) is 0.766. The number of hydrogen-bond donors (Lipinski definition) is 1. The standard InChI is InChI=1S/C14H14N2O2/c1-9-10(6-7-17-9)11(15)8-14-16-12-4-2-3-5-13(12)18-14/h2-7,11H,8,15H2,1H3. The van der Waals surface area contributed by atoms with Gasteiger partial charge >= 0.3 is 0 Å². The van der Waals surface area contributed by atoms with Gasteiger partial charge in [-0.3, -0.25) is 0 Å². The van der Waals surface area contributed by atoms with Crippen molar-refractivity contribution in [3.8, 4) is 0 Å². The van der Waals surface area contributed by atoms with Crippen molar-refractivity contribution in [2.45, 2.75) is 19.4 Å². The van der Waals surface area contributed by atoms with Crippen LogP contribution < -0.4 is 5.73 Å². The zero-order valence-corrected chi connectivity index (χ0v) is 10.1. The van der Waals surface area contributed by atoms with Crippen LogP contribution in [0.2, 0.25) is 0 Å². The van der Waals surface area contributed by atoms with Gasteiger partial charge in [-0.15, -0.1) is 0 Å². The largest absolute Gasteiger partial charge is 0.469 e. The number of nitrogens with zero attached hydrogens (tertiary/aromatic N) is 1. The number of oxazole rings is 1. The third kappa shape index (κ3) is 1.91. The minimum absolute atomic E-state index is 0.156. The molecule has 0 saturated heterocycles. The fourth-order valence-corrected chi connectivity index (χ4v) is 2.08. The maximum Gasteiger partial charge on any atom is 0.197 e. The van der Waals surface area contributed by atoms with E-state index in [2.05, 4.69) is 4.98 Å². The lowest BCUT2D eigenvalue weighted by Gasteiger charge is -2.07. The Labute approximate surface area is 104 Å². The molecule has 1 aromatic carbocycles. The second kappa shape index (κ2) is 4.31. The Balaban J connectivity index is 1.86. The molecule has 0 radical (unpaired) electrons. The Morgan fingerprint density at radius 3 is 2.83 bits per heavy atom. The van der Waals surface area contributed by atoms with Gasteiger partial charge in [-0.1, -0.05) is 12.1 Å². The lowest BCUT2D eigenvalue weighted by Crippen LogP contribution is -2.13. The van der Waals surface area contributed by atoms with Gasteiger partial charge in [0.2, 0.25) is 0 Å². The van der Waals surface area contributed by atoms with Crippen molar-refractivity contribution in [2.75, 3.05) is 0 Å². The van der Waals surface area contributed by atoms with Gasteiger partial charge in [0, 0.05) is 18.0 Å². The van der Waals surface area contributed by atoms with Crippen LogP contribution in [0.3, 0.4) is 0 Å². The highest BCUT2D eigenvalue weighted by Crippen LogP contribution is 2.22. The van der Waals surface area contributed by atoms with Crippen molar-refractivity contribution in [3.05, 3.63) is 53.8 Å². The van der Waals surface area contributed by atoms with Gasteiger partial charge in [0.25, 0.3) is 0 Å². The molecule has 3 rings (SSSR count). The van der Waals surface area contributed by atoms with Gasteiger partial charge in [0.15, 0.2) is 11.5 Å². The molecule has 2 N–H and O–H groups in total. The predicted octanol–water partition coefficient (Wildman–Crippen LogP) is 2.97. The summed E-state index contributed by atoms with van der Waals surface area (Å²) < 4.78 is 10.9. The maximum absolute atomic E-state index is 6.13. The van der Waals surface area contributed by atoms with E-state index < -0.39 is 0 Å². The average molecular weight is 242 g/mol. The Morgan fingerprint density at radius 2 is 2.11 bits per heavy atom. The molecule has 0 bridgehead atoms. The Kier molecular flexibility index (Phi) is 2.64. The van der Waals surface area contributed by atoms with E-state index in [4.69, 9.17) is 14.6 Å². The van der Waals surface area contributed by atoms with E-state index in [1.165, 1.54) is 0 Å². The fraction of sp³-hybridized carbons (Fsp3) is 0.214. The number of hydrogen-bond acceptors (Lipinski definition) is 4. The molecule has 4 heteroatoms. The van der Waals surface area contributed by atoms with Crippen molar-refractivity contribution in [3.63, 3.8) is 0 Å². The summed E-state index contributed by atoms with van der Waals surface area (Å²) in [5, 5.41) is 0. The molecule has 2 aromatic heterocycles. The SMILES string of the molecule is Cc1occc1C(N)Cc1nc2ccccc2o1. The lowest BCUT2D eigenvalue weighted by atomic mass is 10.1. The fourth-order valence-electron chi connectivity index (χ4n) is 2.08. The molecule has 0 aliphatic heterocycles. The number of furan rings is 1. The zero-order chi connectivity index (χ0) is 12.5. The summed E-state index contributed by atoms with van der Waals surface area (Å²) in [5.74, 6) is 1.50. The minimum atomic E-state index is -0.156. The van der Waals surface area contributed by atoms with Gasteiger partial charge in [-0.25, -0.2) is 4.98 Å². The molecule has 1 unspecified atom stereocenters.